The minimum absolute atomic E-state index is 0.139. The second-order valence-electron chi connectivity index (χ2n) is 6.46. The molecule has 0 N–H and O–H groups in total. The fourth-order valence-electron chi connectivity index (χ4n) is 3.02. The summed E-state index contributed by atoms with van der Waals surface area (Å²) in [6, 6.07) is 4.29. The third-order valence-electron chi connectivity index (χ3n) is 4.16. The Morgan fingerprint density at radius 1 is 1.12 bits per heavy atom. The molecule has 1 saturated heterocycles. The summed E-state index contributed by atoms with van der Waals surface area (Å²) < 4.78 is 2.03. The molecule has 6 nitrogen and oxygen atoms in total. The van der Waals surface area contributed by atoms with E-state index in [9.17, 15) is 4.79 Å². The topological polar surface area (TPSA) is 63.9 Å². The largest absolute Gasteiger partial charge is 0.337 e. The van der Waals surface area contributed by atoms with Crippen molar-refractivity contribution in [1.82, 2.24) is 24.6 Å². The maximum Gasteiger partial charge on any atom is 0.236 e. The zero-order chi connectivity index (χ0) is 17.4. The minimum atomic E-state index is -0.187. The van der Waals surface area contributed by atoms with E-state index in [1.807, 2.05) is 43.3 Å². The number of nitrogens with zero attached hydrogens (tertiary/aromatic N) is 5. The summed E-state index contributed by atoms with van der Waals surface area (Å²) in [4.78, 5) is 23.3. The van der Waals surface area contributed by atoms with Gasteiger partial charge >= 0.3 is 0 Å². The monoisotopic (exact) mass is 345 g/mol. The zero-order valence-corrected chi connectivity index (χ0v) is 15.6. The van der Waals surface area contributed by atoms with Gasteiger partial charge in [0.25, 0.3) is 0 Å². The fraction of sp³-hybridized carbons (Fsp3) is 0.529. The number of thioether (sulfide) groups is 1. The van der Waals surface area contributed by atoms with Crippen LogP contribution in [0.1, 0.15) is 35.7 Å². The van der Waals surface area contributed by atoms with Crippen molar-refractivity contribution < 1.29 is 4.79 Å². The van der Waals surface area contributed by atoms with Gasteiger partial charge in [-0.1, -0.05) is 11.8 Å². The number of rotatable bonds is 4. The normalized spacial score (nSPS) is 16.1. The van der Waals surface area contributed by atoms with Crippen molar-refractivity contribution in [2.45, 2.75) is 51.1 Å². The molecule has 1 fully saturated rings. The molecule has 0 unspecified atom stereocenters. The number of hydrogen-bond acceptors (Lipinski definition) is 5. The molecular weight excluding hydrogens is 322 g/mol. The maximum atomic E-state index is 12.6. The SMILES string of the molecule is Cc1cc(C)nc(S[C@H](C)C(=O)N2CC(n3nc(C)cc3C)C2)n1. The smallest absolute Gasteiger partial charge is 0.236 e. The number of amides is 1. The molecule has 0 aliphatic carbocycles. The van der Waals surface area contributed by atoms with E-state index < -0.39 is 0 Å². The Labute approximate surface area is 146 Å². The summed E-state index contributed by atoms with van der Waals surface area (Å²) in [5, 5.41) is 4.99. The number of carbonyl (C=O) groups excluding carboxylic acids is 1. The second kappa shape index (κ2) is 6.55. The molecule has 0 spiro atoms. The molecule has 3 rings (SSSR count). The van der Waals surface area contributed by atoms with Gasteiger partial charge in [0.15, 0.2) is 5.16 Å². The summed E-state index contributed by atoms with van der Waals surface area (Å²) in [6.07, 6.45) is 0. The Morgan fingerprint density at radius 3 is 2.29 bits per heavy atom. The van der Waals surface area contributed by atoms with Crippen LogP contribution in [0.15, 0.2) is 17.3 Å². The van der Waals surface area contributed by atoms with Crippen LogP contribution in [-0.4, -0.2) is 48.9 Å². The van der Waals surface area contributed by atoms with Crippen LogP contribution >= 0.6 is 11.8 Å². The first-order chi connectivity index (χ1) is 11.3. The van der Waals surface area contributed by atoms with Crippen molar-refractivity contribution in [3.63, 3.8) is 0 Å². The zero-order valence-electron chi connectivity index (χ0n) is 14.8. The lowest BCUT2D eigenvalue weighted by Crippen LogP contribution is -2.53. The van der Waals surface area contributed by atoms with E-state index in [0.717, 1.165) is 35.9 Å². The molecule has 1 atom stereocenters. The Morgan fingerprint density at radius 2 is 1.75 bits per heavy atom. The molecule has 0 bridgehead atoms. The summed E-state index contributed by atoms with van der Waals surface area (Å²) in [5.74, 6) is 0.139. The number of carbonyl (C=O) groups is 1. The van der Waals surface area contributed by atoms with E-state index >= 15 is 0 Å². The quantitative estimate of drug-likeness (QED) is 0.629. The Bertz CT molecular complexity index is 746. The van der Waals surface area contributed by atoms with Gasteiger partial charge in [0, 0.05) is 30.2 Å². The summed E-state index contributed by atoms with van der Waals surface area (Å²) in [5.41, 5.74) is 4.03. The minimum Gasteiger partial charge on any atom is -0.337 e. The summed E-state index contributed by atoms with van der Waals surface area (Å²) >= 11 is 1.43. The molecule has 3 heterocycles. The van der Waals surface area contributed by atoms with E-state index in [1.54, 1.807) is 0 Å². The van der Waals surface area contributed by atoms with Gasteiger partial charge in [0.2, 0.25) is 5.91 Å². The Hall–Kier alpha value is -1.89. The van der Waals surface area contributed by atoms with E-state index in [-0.39, 0.29) is 17.2 Å². The predicted molar refractivity (Wildman–Crippen MR) is 94.1 cm³/mol. The third-order valence-corrected chi connectivity index (χ3v) is 5.10. The summed E-state index contributed by atoms with van der Waals surface area (Å²) in [6.45, 7) is 11.3. The lowest BCUT2D eigenvalue weighted by atomic mass is 10.1. The van der Waals surface area contributed by atoms with Crippen LogP contribution in [0.4, 0.5) is 0 Å². The van der Waals surface area contributed by atoms with Gasteiger partial charge in [-0.3, -0.25) is 9.48 Å². The second-order valence-corrected chi connectivity index (χ2v) is 7.77. The van der Waals surface area contributed by atoms with E-state index in [1.165, 1.54) is 11.8 Å². The molecule has 1 amide bonds. The van der Waals surface area contributed by atoms with Crippen LogP contribution in [0.5, 0.6) is 0 Å². The van der Waals surface area contributed by atoms with Crippen molar-refractivity contribution in [3.05, 3.63) is 34.9 Å². The van der Waals surface area contributed by atoms with Crippen molar-refractivity contribution in [3.8, 4) is 0 Å². The van der Waals surface area contributed by atoms with Gasteiger partial charge in [-0.25, -0.2) is 9.97 Å². The molecule has 2 aromatic heterocycles. The van der Waals surface area contributed by atoms with Crippen molar-refractivity contribution in [2.24, 2.45) is 0 Å². The predicted octanol–water partition coefficient (Wildman–Crippen LogP) is 2.47. The number of likely N-dealkylation sites (tertiary alicyclic amines) is 1. The van der Waals surface area contributed by atoms with Crippen LogP contribution in [0.25, 0.3) is 0 Å². The maximum absolute atomic E-state index is 12.6. The summed E-state index contributed by atoms with van der Waals surface area (Å²) in [7, 11) is 0. The van der Waals surface area contributed by atoms with Gasteiger partial charge in [-0.2, -0.15) is 5.10 Å². The van der Waals surface area contributed by atoms with Gasteiger partial charge in [0.1, 0.15) is 0 Å². The van der Waals surface area contributed by atoms with Crippen molar-refractivity contribution >= 4 is 17.7 Å². The lowest BCUT2D eigenvalue weighted by molar-refractivity contribution is -0.136. The number of aryl methyl sites for hydroxylation is 4. The van der Waals surface area contributed by atoms with Crippen LogP contribution in [-0.2, 0) is 4.79 Å². The highest BCUT2D eigenvalue weighted by Gasteiger charge is 2.35. The fourth-order valence-corrected chi connectivity index (χ4v) is 3.98. The van der Waals surface area contributed by atoms with Crippen LogP contribution < -0.4 is 0 Å². The van der Waals surface area contributed by atoms with E-state index in [4.69, 9.17) is 0 Å². The van der Waals surface area contributed by atoms with Crippen LogP contribution in [0.2, 0.25) is 0 Å². The van der Waals surface area contributed by atoms with Gasteiger partial charge in [0.05, 0.1) is 17.0 Å². The molecule has 0 radical (unpaired) electrons. The van der Waals surface area contributed by atoms with Crippen LogP contribution in [0.3, 0.4) is 0 Å². The van der Waals surface area contributed by atoms with Gasteiger partial charge < -0.3 is 4.90 Å². The van der Waals surface area contributed by atoms with E-state index in [0.29, 0.717) is 5.16 Å². The standard InChI is InChI=1S/C17H23N5OS/c1-10-6-11(2)19-17(18-10)24-14(5)16(23)21-8-15(9-21)22-13(4)7-12(3)20-22/h6-7,14-15H,8-9H2,1-5H3/t14-/m1/s1. The molecule has 1 aliphatic rings. The Kier molecular flexibility index (Phi) is 4.62. The average molecular weight is 345 g/mol. The molecule has 128 valence electrons. The van der Waals surface area contributed by atoms with Crippen molar-refractivity contribution in [1.29, 1.82) is 0 Å². The van der Waals surface area contributed by atoms with Crippen molar-refractivity contribution in [2.75, 3.05) is 13.1 Å². The van der Waals surface area contributed by atoms with E-state index in [2.05, 4.69) is 28.1 Å². The highest BCUT2D eigenvalue weighted by Crippen LogP contribution is 2.27. The highest BCUT2D eigenvalue weighted by molar-refractivity contribution is 8.00. The van der Waals surface area contributed by atoms with Gasteiger partial charge in [-0.05, 0) is 46.8 Å². The van der Waals surface area contributed by atoms with Gasteiger partial charge in [-0.15, -0.1) is 0 Å². The lowest BCUT2D eigenvalue weighted by Gasteiger charge is -2.40. The Balaban J connectivity index is 1.58. The average Bonchev–Trinajstić information content (AvgIpc) is 2.74. The molecule has 0 saturated carbocycles. The molecule has 0 aromatic carbocycles. The first-order valence-corrected chi connectivity index (χ1v) is 9.02. The third kappa shape index (κ3) is 3.45. The molecule has 7 heteroatoms. The number of hydrogen-bond donors (Lipinski definition) is 0. The molecule has 1 aliphatic heterocycles. The molecule has 24 heavy (non-hydrogen) atoms. The first-order valence-electron chi connectivity index (χ1n) is 8.14. The number of aromatic nitrogens is 4. The first kappa shape index (κ1) is 17.0. The molecule has 2 aromatic rings. The van der Waals surface area contributed by atoms with Crippen LogP contribution in [0, 0.1) is 27.7 Å². The molecular formula is C17H23N5OS. The highest BCUT2D eigenvalue weighted by atomic mass is 32.2.